The molecule has 0 atom stereocenters. The van der Waals surface area contributed by atoms with Gasteiger partial charge in [-0.2, -0.15) is 0 Å². The first-order valence-electron chi connectivity index (χ1n) is 5.08. The molecule has 1 aromatic carbocycles. The Balaban J connectivity index is 3.25. The molecule has 0 aliphatic rings. The van der Waals surface area contributed by atoms with E-state index in [2.05, 4.69) is 0 Å². The Kier molecular flexibility index (Phi) is 4.00. The number of methoxy groups -OCH3 is 1. The number of aromatic hydroxyl groups is 1. The van der Waals surface area contributed by atoms with E-state index in [1.165, 1.54) is 19.2 Å². The zero-order valence-corrected chi connectivity index (χ0v) is 9.98. The minimum Gasteiger partial charge on any atom is -0.507 e. The van der Waals surface area contributed by atoms with Gasteiger partial charge in [0, 0.05) is 6.07 Å². The number of ether oxygens (including phenoxy) is 2. The van der Waals surface area contributed by atoms with Crippen molar-refractivity contribution in [2.24, 2.45) is 0 Å². The van der Waals surface area contributed by atoms with Crippen molar-refractivity contribution in [2.45, 2.75) is 20.0 Å². The van der Waals surface area contributed by atoms with Crippen LogP contribution in [0.4, 0.5) is 0 Å². The average molecular weight is 234 g/mol. The molecule has 0 aliphatic carbocycles. The van der Waals surface area contributed by atoms with Gasteiger partial charge >= 0.3 is 0 Å². The number of phenolic OH excluding ortho intramolecular Hbond substituents is 1. The van der Waals surface area contributed by atoms with Crippen LogP contribution in [0, 0.1) is 12.3 Å². The van der Waals surface area contributed by atoms with Crippen LogP contribution < -0.4 is 9.47 Å². The van der Waals surface area contributed by atoms with Gasteiger partial charge in [0.25, 0.3) is 0 Å². The summed E-state index contributed by atoms with van der Waals surface area (Å²) in [5.74, 6) is 1.85. The predicted molar refractivity (Wildman–Crippen MR) is 63.6 cm³/mol. The van der Waals surface area contributed by atoms with Gasteiger partial charge in [0.2, 0.25) is 5.78 Å². The van der Waals surface area contributed by atoms with Crippen molar-refractivity contribution in [2.75, 3.05) is 7.11 Å². The van der Waals surface area contributed by atoms with Gasteiger partial charge in [0.15, 0.2) is 11.5 Å². The lowest BCUT2D eigenvalue weighted by Gasteiger charge is -2.14. The molecule has 17 heavy (non-hydrogen) atoms. The topological polar surface area (TPSA) is 55.8 Å². The van der Waals surface area contributed by atoms with E-state index < -0.39 is 5.78 Å². The third kappa shape index (κ3) is 2.91. The van der Waals surface area contributed by atoms with Crippen LogP contribution in [0.5, 0.6) is 17.2 Å². The molecule has 0 aliphatic heterocycles. The van der Waals surface area contributed by atoms with Crippen LogP contribution in [0.3, 0.4) is 0 Å². The standard InChI is InChI=1S/C13H14O4/c1-5-10(14)9-6-12(16-4)13(7-11(9)15)17-8(2)3/h1,6-8,15H,2-4H3. The summed E-state index contributed by atoms with van der Waals surface area (Å²) in [5.41, 5.74) is 0.0282. The molecule has 1 N–H and O–H groups in total. The average Bonchev–Trinajstić information content (AvgIpc) is 2.27. The van der Waals surface area contributed by atoms with E-state index in [0.717, 1.165) is 0 Å². The van der Waals surface area contributed by atoms with Gasteiger partial charge in [-0.1, -0.05) is 0 Å². The number of Topliss-reactive ketones (excluding diaryl/α,β-unsaturated/α-hetero) is 1. The van der Waals surface area contributed by atoms with Crippen LogP contribution >= 0.6 is 0 Å². The molecule has 0 saturated heterocycles. The highest BCUT2D eigenvalue weighted by Crippen LogP contribution is 2.34. The van der Waals surface area contributed by atoms with Crippen molar-refractivity contribution >= 4 is 5.78 Å². The van der Waals surface area contributed by atoms with E-state index in [0.29, 0.717) is 11.5 Å². The number of benzene rings is 1. The van der Waals surface area contributed by atoms with Gasteiger partial charge < -0.3 is 14.6 Å². The normalized spacial score (nSPS) is 9.82. The van der Waals surface area contributed by atoms with E-state index in [4.69, 9.17) is 15.9 Å². The van der Waals surface area contributed by atoms with E-state index >= 15 is 0 Å². The number of carbonyl (C=O) groups is 1. The summed E-state index contributed by atoms with van der Waals surface area (Å²) >= 11 is 0. The lowest BCUT2D eigenvalue weighted by Crippen LogP contribution is -2.07. The van der Waals surface area contributed by atoms with E-state index in [9.17, 15) is 9.90 Å². The Morgan fingerprint density at radius 2 is 2.06 bits per heavy atom. The summed E-state index contributed by atoms with van der Waals surface area (Å²) in [6.07, 6.45) is 4.93. The monoisotopic (exact) mass is 234 g/mol. The molecule has 1 aromatic rings. The van der Waals surface area contributed by atoms with Crippen molar-refractivity contribution in [1.82, 2.24) is 0 Å². The molecule has 0 amide bonds. The van der Waals surface area contributed by atoms with Crippen LogP contribution in [0.1, 0.15) is 24.2 Å². The summed E-state index contributed by atoms with van der Waals surface area (Å²) in [6, 6.07) is 2.69. The molecule has 90 valence electrons. The van der Waals surface area contributed by atoms with Gasteiger partial charge in [-0.25, -0.2) is 0 Å². The first-order chi connectivity index (χ1) is 7.99. The van der Waals surface area contributed by atoms with Crippen LogP contribution in [0.15, 0.2) is 12.1 Å². The van der Waals surface area contributed by atoms with Crippen molar-refractivity contribution in [3.05, 3.63) is 17.7 Å². The molecule has 4 heteroatoms. The van der Waals surface area contributed by atoms with Crippen molar-refractivity contribution in [3.8, 4) is 29.6 Å². The lowest BCUT2D eigenvalue weighted by molar-refractivity contribution is 0.105. The Hall–Kier alpha value is -2.15. The maximum Gasteiger partial charge on any atom is 0.239 e. The second-order valence-corrected chi connectivity index (χ2v) is 3.66. The molecule has 0 heterocycles. The number of ketones is 1. The van der Waals surface area contributed by atoms with E-state index in [1.54, 1.807) is 0 Å². The Morgan fingerprint density at radius 1 is 1.41 bits per heavy atom. The van der Waals surface area contributed by atoms with Gasteiger partial charge in [0.1, 0.15) is 5.75 Å². The predicted octanol–water partition coefficient (Wildman–Crippen LogP) is 2.00. The zero-order chi connectivity index (χ0) is 13.0. The molecular formula is C13H14O4. The largest absolute Gasteiger partial charge is 0.507 e. The molecular weight excluding hydrogens is 220 g/mol. The Labute approximate surface area is 100 Å². The molecule has 0 spiro atoms. The number of hydrogen-bond acceptors (Lipinski definition) is 4. The zero-order valence-electron chi connectivity index (χ0n) is 9.98. The lowest BCUT2D eigenvalue weighted by atomic mass is 10.1. The van der Waals surface area contributed by atoms with Gasteiger partial charge in [-0.15, -0.1) is 6.42 Å². The molecule has 0 fully saturated rings. The maximum atomic E-state index is 11.3. The van der Waals surface area contributed by atoms with Gasteiger partial charge in [0.05, 0.1) is 18.8 Å². The number of rotatable bonds is 4. The SMILES string of the molecule is C#CC(=O)c1cc(OC)c(OC(C)C)cc1O. The summed E-state index contributed by atoms with van der Waals surface area (Å²) in [4.78, 5) is 11.3. The number of hydrogen-bond donors (Lipinski definition) is 1. The molecule has 4 nitrogen and oxygen atoms in total. The quantitative estimate of drug-likeness (QED) is 0.492. The fourth-order valence-electron chi connectivity index (χ4n) is 1.31. The van der Waals surface area contributed by atoms with Crippen LogP contribution in [0.2, 0.25) is 0 Å². The number of carbonyl (C=O) groups excluding carboxylic acids is 1. The van der Waals surface area contributed by atoms with Crippen LogP contribution in [0.25, 0.3) is 0 Å². The highest BCUT2D eigenvalue weighted by Gasteiger charge is 2.16. The van der Waals surface area contributed by atoms with E-state index in [1.807, 2.05) is 19.8 Å². The number of terminal acetylenes is 1. The summed E-state index contributed by atoms with van der Waals surface area (Å²) in [6.45, 7) is 3.69. The van der Waals surface area contributed by atoms with Crippen molar-refractivity contribution in [3.63, 3.8) is 0 Å². The van der Waals surface area contributed by atoms with Crippen LogP contribution in [-0.2, 0) is 0 Å². The van der Waals surface area contributed by atoms with Crippen molar-refractivity contribution < 1.29 is 19.4 Å². The second kappa shape index (κ2) is 5.26. The first-order valence-corrected chi connectivity index (χ1v) is 5.08. The fourth-order valence-corrected chi connectivity index (χ4v) is 1.31. The fraction of sp³-hybridized carbons (Fsp3) is 0.308. The second-order valence-electron chi connectivity index (χ2n) is 3.66. The minimum absolute atomic E-state index is 0.0282. The summed E-state index contributed by atoms with van der Waals surface area (Å²) in [5, 5.41) is 9.67. The highest BCUT2D eigenvalue weighted by molar-refractivity contribution is 6.10. The number of phenols is 1. The van der Waals surface area contributed by atoms with E-state index in [-0.39, 0.29) is 17.4 Å². The molecule has 0 unspecified atom stereocenters. The van der Waals surface area contributed by atoms with Crippen molar-refractivity contribution in [1.29, 1.82) is 0 Å². The van der Waals surface area contributed by atoms with Gasteiger partial charge in [-0.05, 0) is 25.8 Å². The smallest absolute Gasteiger partial charge is 0.239 e. The Morgan fingerprint density at radius 3 is 2.53 bits per heavy atom. The Bertz CT molecular complexity index is 469. The summed E-state index contributed by atoms with van der Waals surface area (Å²) in [7, 11) is 1.45. The van der Waals surface area contributed by atoms with Gasteiger partial charge in [-0.3, -0.25) is 4.79 Å². The molecule has 0 radical (unpaired) electrons. The molecule has 1 rings (SSSR count). The molecule has 0 saturated carbocycles. The highest BCUT2D eigenvalue weighted by atomic mass is 16.5. The third-order valence-corrected chi connectivity index (χ3v) is 2.02. The first kappa shape index (κ1) is 12.9. The van der Waals surface area contributed by atoms with Crippen LogP contribution in [-0.4, -0.2) is 24.1 Å². The minimum atomic E-state index is -0.600. The summed E-state index contributed by atoms with van der Waals surface area (Å²) < 4.78 is 10.5. The molecule has 0 bridgehead atoms. The molecule has 0 aromatic heterocycles. The third-order valence-electron chi connectivity index (χ3n) is 2.02. The maximum absolute atomic E-state index is 11.3.